The van der Waals surface area contributed by atoms with Crippen molar-refractivity contribution < 1.29 is 5.11 Å². The Morgan fingerprint density at radius 3 is 2.65 bits per heavy atom. The van der Waals surface area contributed by atoms with E-state index in [1.165, 1.54) is 0 Å². The summed E-state index contributed by atoms with van der Waals surface area (Å²) in [7, 11) is 0. The molecule has 0 fully saturated rings. The van der Waals surface area contributed by atoms with Crippen molar-refractivity contribution in [3.05, 3.63) is 41.6 Å². The van der Waals surface area contributed by atoms with Gasteiger partial charge in [-0.15, -0.1) is 0 Å². The largest absolute Gasteiger partial charge is 0.393 e. The van der Waals surface area contributed by atoms with Crippen molar-refractivity contribution in [3.63, 3.8) is 0 Å². The molecule has 90 valence electrons. The highest BCUT2D eigenvalue weighted by atomic mass is 16.3. The van der Waals surface area contributed by atoms with Crippen LogP contribution in [0.3, 0.4) is 0 Å². The summed E-state index contributed by atoms with van der Waals surface area (Å²) in [5, 5.41) is 11.0. The van der Waals surface area contributed by atoms with Gasteiger partial charge in [0.05, 0.1) is 11.6 Å². The van der Waals surface area contributed by atoms with Gasteiger partial charge in [0, 0.05) is 17.0 Å². The van der Waals surface area contributed by atoms with Crippen LogP contribution in [0, 0.1) is 6.92 Å². The Morgan fingerprint density at radius 1 is 1.29 bits per heavy atom. The van der Waals surface area contributed by atoms with E-state index in [9.17, 15) is 5.11 Å². The smallest absolute Gasteiger partial charge is 0.0705 e. The molecule has 0 amide bonds. The van der Waals surface area contributed by atoms with E-state index < -0.39 is 0 Å². The topological polar surface area (TPSA) is 33.1 Å². The first-order valence-corrected chi connectivity index (χ1v) is 6.17. The first kappa shape index (κ1) is 12.1. The molecule has 0 aliphatic heterocycles. The summed E-state index contributed by atoms with van der Waals surface area (Å²) < 4.78 is 0. The van der Waals surface area contributed by atoms with Crippen LogP contribution in [-0.4, -0.2) is 16.2 Å². The molecule has 2 rings (SSSR count). The molecule has 0 bridgehead atoms. The van der Waals surface area contributed by atoms with Crippen LogP contribution in [0.2, 0.25) is 0 Å². The number of benzene rings is 1. The number of para-hydroxylation sites is 1. The van der Waals surface area contributed by atoms with Gasteiger partial charge >= 0.3 is 0 Å². The minimum atomic E-state index is -0.354. The van der Waals surface area contributed by atoms with Gasteiger partial charge in [0.1, 0.15) is 0 Å². The molecule has 2 atom stereocenters. The number of aryl methyl sites for hydroxylation is 1. The van der Waals surface area contributed by atoms with Gasteiger partial charge < -0.3 is 5.11 Å². The maximum atomic E-state index is 9.82. The SMILES string of the molecule is CCC(c1nc2ccccc2cc1C)C(C)O. The third-order valence-electron chi connectivity index (χ3n) is 3.33. The molecule has 1 aromatic carbocycles. The summed E-state index contributed by atoms with van der Waals surface area (Å²) in [4.78, 5) is 4.71. The van der Waals surface area contributed by atoms with Crippen molar-refractivity contribution >= 4 is 10.9 Å². The molecule has 0 aliphatic rings. The summed E-state index contributed by atoms with van der Waals surface area (Å²) in [6.07, 6.45) is 0.552. The van der Waals surface area contributed by atoms with Crippen molar-refractivity contribution in [2.75, 3.05) is 0 Å². The Bertz CT molecular complexity index is 519. The molecule has 17 heavy (non-hydrogen) atoms. The molecule has 0 saturated carbocycles. The average Bonchev–Trinajstić information content (AvgIpc) is 2.30. The maximum Gasteiger partial charge on any atom is 0.0705 e. The minimum absolute atomic E-state index is 0.125. The van der Waals surface area contributed by atoms with E-state index in [1.807, 2.05) is 25.1 Å². The zero-order chi connectivity index (χ0) is 12.4. The Hall–Kier alpha value is -1.41. The highest BCUT2D eigenvalue weighted by Crippen LogP contribution is 2.27. The number of pyridine rings is 1. The third-order valence-corrected chi connectivity index (χ3v) is 3.33. The van der Waals surface area contributed by atoms with Gasteiger partial charge in [-0.1, -0.05) is 25.1 Å². The fraction of sp³-hybridized carbons (Fsp3) is 0.400. The van der Waals surface area contributed by atoms with Crippen molar-refractivity contribution in [1.29, 1.82) is 0 Å². The highest BCUT2D eigenvalue weighted by Gasteiger charge is 2.19. The number of fused-ring (bicyclic) bond motifs is 1. The quantitative estimate of drug-likeness (QED) is 0.874. The van der Waals surface area contributed by atoms with Crippen LogP contribution in [0.15, 0.2) is 30.3 Å². The summed E-state index contributed by atoms with van der Waals surface area (Å²) in [6, 6.07) is 10.3. The number of hydrogen-bond acceptors (Lipinski definition) is 2. The lowest BCUT2D eigenvalue weighted by atomic mass is 9.92. The Morgan fingerprint density at radius 2 is 2.00 bits per heavy atom. The van der Waals surface area contributed by atoms with Crippen LogP contribution in [0.4, 0.5) is 0 Å². The second kappa shape index (κ2) is 4.84. The summed E-state index contributed by atoms with van der Waals surface area (Å²) in [5.41, 5.74) is 3.20. The Kier molecular flexibility index (Phi) is 3.43. The number of nitrogens with zero attached hydrogens (tertiary/aromatic N) is 1. The minimum Gasteiger partial charge on any atom is -0.393 e. The van der Waals surface area contributed by atoms with Crippen molar-refractivity contribution in [1.82, 2.24) is 4.98 Å². The second-order valence-electron chi connectivity index (χ2n) is 4.64. The van der Waals surface area contributed by atoms with E-state index in [-0.39, 0.29) is 12.0 Å². The lowest BCUT2D eigenvalue weighted by Crippen LogP contribution is -2.16. The summed E-state index contributed by atoms with van der Waals surface area (Å²) in [5.74, 6) is 0.125. The van der Waals surface area contributed by atoms with E-state index in [2.05, 4.69) is 26.0 Å². The van der Waals surface area contributed by atoms with Crippen LogP contribution in [0.1, 0.15) is 37.4 Å². The molecule has 1 N–H and O–H groups in total. The number of rotatable bonds is 3. The molecule has 2 heteroatoms. The molecule has 2 nitrogen and oxygen atoms in total. The lowest BCUT2D eigenvalue weighted by molar-refractivity contribution is 0.158. The molecule has 0 radical (unpaired) electrons. The van der Waals surface area contributed by atoms with Crippen LogP contribution in [0.5, 0.6) is 0 Å². The molecular formula is C15H19NO. The van der Waals surface area contributed by atoms with Crippen LogP contribution in [-0.2, 0) is 0 Å². The molecular weight excluding hydrogens is 210 g/mol. The normalized spacial score (nSPS) is 14.8. The maximum absolute atomic E-state index is 9.82. The van der Waals surface area contributed by atoms with Gasteiger partial charge in [0.25, 0.3) is 0 Å². The monoisotopic (exact) mass is 229 g/mol. The van der Waals surface area contributed by atoms with Crippen LogP contribution < -0.4 is 0 Å². The zero-order valence-electron chi connectivity index (χ0n) is 10.6. The molecule has 1 heterocycles. The molecule has 0 spiro atoms. The van der Waals surface area contributed by atoms with Gasteiger partial charge in [0.2, 0.25) is 0 Å². The summed E-state index contributed by atoms with van der Waals surface area (Å²) in [6.45, 7) is 6.00. The molecule has 0 saturated heterocycles. The van der Waals surface area contributed by atoms with E-state index in [1.54, 1.807) is 0 Å². The van der Waals surface area contributed by atoms with Gasteiger partial charge in [0.15, 0.2) is 0 Å². The first-order chi connectivity index (χ1) is 8.13. The molecule has 1 aromatic heterocycles. The Labute approximate surface area is 102 Å². The molecule has 2 aromatic rings. The highest BCUT2D eigenvalue weighted by molar-refractivity contribution is 5.79. The molecule has 2 unspecified atom stereocenters. The van der Waals surface area contributed by atoms with Crippen molar-refractivity contribution in [2.45, 2.75) is 39.2 Å². The van der Waals surface area contributed by atoms with Gasteiger partial charge in [-0.05, 0) is 38.0 Å². The van der Waals surface area contributed by atoms with E-state index in [0.29, 0.717) is 0 Å². The predicted octanol–water partition coefficient (Wildman–Crippen LogP) is 3.42. The number of aromatic nitrogens is 1. The standard InChI is InChI=1S/C15H19NO/c1-4-13(11(3)17)15-10(2)9-12-7-5-6-8-14(12)16-15/h5-9,11,13,17H,4H2,1-3H3. The van der Waals surface area contributed by atoms with E-state index in [4.69, 9.17) is 4.98 Å². The predicted molar refractivity (Wildman–Crippen MR) is 71.2 cm³/mol. The third kappa shape index (κ3) is 2.32. The van der Waals surface area contributed by atoms with Gasteiger partial charge in [-0.2, -0.15) is 0 Å². The second-order valence-corrected chi connectivity index (χ2v) is 4.64. The van der Waals surface area contributed by atoms with E-state index >= 15 is 0 Å². The van der Waals surface area contributed by atoms with Crippen molar-refractivity contribution in [2.24, 2.45) is 0 Å². The van der Waals surface area contributed by atoms with Crippen LogP contribution in [0.25, 0.3) is 10.9 Å². The van der Waals surface area contributed by atoms with Gasteiger partial charge in [-0.25, -0.2) is 0 Å². The fourth-order valence-corrected chi connectivity index (χ4v) is 2.37. The van der Waals surface area contributed by atoms with Crippen molar-refractivity contribution in [3.8, 4) is 0 Å². The Balaban J connectivity index is 2.57. The summed E-state index contributed by atoms with van der Waals surface area (Å²) >= 11 is 0. The average molecular weight is 229 g/mol. The van der Waals surface area contributed by atoms with Gasteiger partial charge in [-0.3, -0.25) is 4.98 Å². The fourth-order valence-electron chi connectivity index (χ4n) is 2.37. The van der Waals surface area contributed by atoms with Crippen LogP contribution >= 0.6 is 0 Å². The lowest BCUT2D eigenvalue weighted by Gasteiger charge is -2.20. The first-order valence-electron chi connectivity index (χ1n) is 6.17. The zero-order valence-corrected chi connectivity index (χ0v) is 10.6. The number of aliphatic hydroxyl groups is 1. The van der Waals surface area contributed by atoms with E-state index in [0.717, 1.165) is 28.6 Å². The number of aliphatic hydroxyl groups excluding tert-OH is 1. The number of hydrogen-bond donors (Lipinski definition) is 1. The molecule has 0 aliphatic carbocycles.